The van der Waals surface area contributed by atoms with Crippen LogP contribution < -0.4 is 10.2 Å². The third-order valence-electron chi connectivity index (χ3n) is 3.61. The average Bonchev–Trinajstić information content (AvgIpc) is 2.43. The molecule has 1 aromatic rings. The lowest BCUT2D eigenvalue weighted by Gasteiger charge is -2.41. The summed E-state index contributed by atoms with van der Waals surface area (Å²) in [7, 11) is 0. The van der Waals surface area contributed by atoms with Gasteiger partial charge in [-0.05, 0) is 46.5 Å². The molecule has 1 aromatic carbocycles. The third kappa shape index (κ3) is 3.16. The fourth-order valence-corrected chi connectivity index (χ4v) is 3.34. The number of rotatable bonds is 3. The number of anilines is 1. The maximum atomic E-state index is 12.8. The van der Waals surface area contributed by atoms with Crippen LogP contribution in [0, 0.1) is 5.92 Å². The van der Waals surface area contributed by atoms with Crippen LogP contribution in [-0.4, -0.2) is 23.9 Å². The lowest BCUT2D eigenvalue weighted by Crippen LogP contribution is -2.65. The van der Waals surface area contributed by atoms with E-state index in [1.54, 1.807) is 4.90 Å². The predicted octanol–water partition coefficient (Wildman–Crippen LogP) is 3.48. The molecule has 0 aliphatic carbocycles. The molecule has 1 aliphatic rings. The van der Waals surface area contributed by atoms with Gasteiger partial charge in [-0.15, -0.1) is 0 Å². The average molecular weight is 418 g/mol. The molecule has 1 heterocycles. The normalized spacial score (nSPS) is 22.7. The molecule has 0 radical (unpaired) electrons. The van der Waals surface area contributed by atoms with Crippen molar-refractivity contribution >= 4 is 49.4 Å². The Morgan fingerprint density at radius 3 is 2.52 bits per heavy atom. The maximum absolute atomic E-state index is 12.8. The van der Waals surface area contributed by atoms with Gasteiger partial charge in [0.2, 0.25) is 11.8 Å². The lowest BCUT2D eigenvalue weighted by molar-refractivity contribution is -0.134. The van der Waals surface area contributed by atoms with Crippen molar-refractivity contribution < 1.29 is 9.59 Å². The molecule has 2 rings (SSSR count). The smallest absolute Gasteiger partial charge is 0.250 e. The number of carbonyl (C=O) groups excluding carboxylic acids is 2. The van der Waals surface area contributed by atoms with Gasteiger partial charge in [-0.25, -0.2) is 0 Å². The topological polar surface area (TPSA) is 49.4 Å². The van der Waals surface area contributed by atoms with Crippen LogP contribution in [-0.2, 0) is 9.59 Å². The van der Waals surface area contributed by atoms with Gasteiger partial charge < -0.3 is 5.32 Å². The summed E-state index contributed by atoms with van der Waals surface area (Å²) >= 11 is 6.91. The summed E-state index contributed by atoms with van der Waals surface area (Å²) in [5, 5.41) is 2.82. The number of nitrogens with one attached hydrogen (secondary N) is 1. The van der Waals surface area contributed by atoms with Gasteiger partial charge in [0.1, 0.15) is 12.1 Å². The number of amides is 2. The zero-order valence-corrected chi connectivity index (χ0v) is 15.4. The Hall–Kier alpha value is -0.880. The summed E-state index contributed by atoms with van der Waals surface area (Å²) in [6, 6.07) is 4.67. The summed E-state index contributed by atoms with van der Waals surface area (Å²) in [6.45, 7) is 5.79. The number of halogens is 2. The van der Waals surface area contributed by atoms with Gasteiger partial charge in [0.25, 0.3) is 0 Å². The van der Waals surface area contributed by atoms with Crippen molar-refractivity contribution in [2.45, 2.75) is 39.3 Å². The molecule has 2 atom stereocenters. The summed E-state index contributed by atoms with van der Waals surface area (Å²) in [4.78, 5) is 26.8. The van der Waals surface area contributed by atoms with E-state index in [1.807, 2.05) is 39.0 Å². The van der Waals surface area contributed by atoms with Crippen molar-refractivity contribution in [2.24, 2.45) is 5.92 Å². The van der Waals surface area contributed by atoms with E-state index < -0.39 is 12.1 Å². The van der Waals surface area contributed by atoms with Crippen molar-refractivity contribution in [1.29, 1.82) is 0 Å². The monoisotopic (exact) mass is 416 g/mol. The Balaban J connectivity index is 2.55. The number of hydrogen-bond acceptors (Lipinski definition) is 2. The third-order valence-corrected chi connectivity index (χ3v) is 4.77. The summed E-state index contributed by atoms with van der Waals surface area (Å²) < 4.78 is 1.67. The zero-order valence-electron chi connectivity index (χ0n) is 12.2. The Bertz CT molecular complexity index is 575. The molecule has 0 saturated carbocycles. The standard InChI is InChI=1S/C15H18Br2N2O2/c1-4-11-15(21)19(13(8(2)3)14(20)18-11)12-7-9(16)5-6-10(12)17/h5-8,11,13H,4H2,1-3H3,(H,18,20). The molecule has 114 valence electrons. The highest BCUT2D eigenvalue weighted by Crippen LogP contribution is 2.34. The first-order chi connectivity index (χ1) is 9.86. The second-order valence-corrected chi connectivity index (χ2v) is 7.23. The van der Waals surface area contributed by atoms with Crippen molar-refractivity contribution in [3.8, 4) is 0 Å². The molecule has 0 spiro atoms. The first kappa shape index (κ1) is 16.5. The second kappa shape index (κ2) is 6.48. The highest BCUT2D eigenvalue weighted by atomic mass is 79.9. The minimum atomic E-state index is -0.495. The molecule has 6 heteroatoms. The van der Waals surface area contributed by atoms with Crippen LogP contribution in [0.4, 0.5) is 5.69 Å². The molecule has 2 amide bonds. The Morgan fingerprint density at radius 2 is 1.95 bits per heavy atom. The van der Waals surface area contributed by atoms with Gasteiger partial charge in [0, 0.05) is 8.95 Å². The van der Waals surface area contributed by atoms with Gasteiger partial charge in [-0.2, -0.15) is 0 Å². The van der Waals surface area contributed by atoms with Crippen LogP contribution in [0.3, 0.4) is 0 Å². The minimum Gasteiger partial charge on any atom is -0.342 e. The molecule has 4 nitrogen and oxygen atoms in total. The SMILES string of the molecule is CCC1NC(=O)C(C(C)C)N(c2cc(Br)ccc2Br)C1=O. The fraction of sp³-hybridized carbons (Fsp3) is 0.467. The molecule has 1 saturated heterocycles. The van der Waals surface area contributed by atoms with Crippen LogP contribution in [0.15, 0.2) is 27.1 Å². The predicted molar refractivity (Wildman–Crippen MR) is 90.2 cm³/mol. The number of carbonyl (C=O) groups is 2. The quantitative estimate of drug-likeness (QED) is 0.818. The first-order valence-corrected chi connectivity index (χ1v) is 8.54. The van der Waals surface area contributed by atoms with Crippen molar-refractivity contribution in [3.63, 3.8) is 0 Å². The van der Waals surface area contributed by atoms with Gasteiger partial charge in [-0.1, -0.05) is 36.7 Å². The van der Waals surface area contributed by atoms with Crippen molar-refractivity contribution in [1.82, 2.24) is 5.32 Å². The van der Waals surface area contributed by atoms with Gasteiger partial charge in [-0.3, -0.25) is 14.5 Å². The number of benzene rings is 1. The Morgan fingerprint density at radius 1 is 1.29 bits per heavy atom. The van der Waals surface area contributed by atoms with Crippen LogP contribution >= 0.6 is 31.9 Å². The molecule has 1 aliphatic heterocycles. The molecule has 0 bridgehead atoms. The van der Waals surface area contributed by atoms with E-state index in [0.717, 1.165) is 14.6 Å². The second-order valence-electron chi connectivity index (χ2n) is 5.46. The summed E-state index contributed by atoms with van der Waals surface area (Å²) in [6.07, 6.45) is 0.581. The number of nitrogens with zero attached hydrogens (tertiary/aromatic N) is 1. The molecule has 0 aromatic heterocycles. The van der Waals surface area contributed by atoms with E-state index in [2.05, 4.69) is 37.2 Å². The van der Waals surface area contributed by atoms with E-state index >= 15 is 0 Å². The summed E-state index contributed by atoms with van der Waals surface area (Å²) in [5.41, 5.74) is 0.723. The van der Waals surface area contributed by atoms with E-state index in [1.165, 1.54) is 0 Å². The van der Waals surface area contributed by atoms with Gasteiger partial charge in [0.05, 0.1) is 5.69 Å². The number of hydrogen-bond donors (Lipinski definition) is 1. The Labute approximate surface area is 141 Å². The van der Waals surface area contributed by atoms with Crippen LogP contribution in [0.2, 0.25) is 0 Å². The van der Waals surface area contributed by atoms with E-state index in [-0.39, 0.29) is 17.7 Å². The van der Waals surface area contributed by atoms with Crippen molar-refractivity contribution in [3.05, 3.63) is 27.1 Å². The van der Waals surface area contributed by atoms with Crippen LogP contribution in [0.5, 0.6) is 0 Å². The first-order valence-electron chi connectivity index (χ1n) is 6.95. The van der Waals surface area contributed by atoms with Gasteiger partial charge >= 0.3 is 0 Å². The molecule has 1 fully saturated rings. The molecule has 21 heavy (non-hydrogen) atoms. The van der Waals surface area contributed by atoms with Crippen LogP contribution in [0.25, 0.3) is 0 Å². The molecular formula is C15H18Br2N2O2. The highest BCUT2D eigenvalue weighted by molar-refractivity contribution is 9.11. The van der Waals surface area contributed by atoms with E-state index in [4.69, 9.17) is 0 Å². The van der Waals surface area contributed by atoms with E-state index in [9.17, 15) is 9.59 Å². The molecular weight excluding hydrogens is 400 g/mol. The minimum absolute atomic E-state index is 0.0256. The van der Waals surface area contributed by atoms with Crippen molar-refractivity contribution in [2.75, 3.05) is 4.90 Å². The largest absolute Gasteiger partial charge is 0.342 e. The van der Waals surface area contributed by atoms with Gasteiger partial charge in [0.15, 0.2) is 0 Å². The Kier molecular flexibility index (Phi) is 5.09. The van der Waals surface area contributed by atoms with E-state index in [0.29, 0.717) is 6.42 Å². The van der Waals surface area contributed by atoms with Crippen LogP contribution in [0.1, 0.15) is 27.2 Å². The molecule has 1 N–H and O–H groups in total. The molecule has 2 unspecified atom stereocenters. The fourth-order valence-electron chi connectivity index (χ4n) is 2.56. The summed E-state index contributed by atoms with van der Waals surface area (Å²) in [5.74, 6) is -0.129. The number of piperazine rings is 1. The zero-order chi connectivity index (χ0) is 15.7. The highest BCUT2D eigenvalue weighted by Gasteiger charge is 2.42. The maximum Gasteiger partial charge on any atom is 0.250 e. The lowest BCUT2D eigenvalue weighted by atomic mass is 9.95.